The van der Waals surface area contributed by atoms with E-state index in [1.54, 1.807) is 0 Å². The highest BCUT2D eigenvalue weighted by molar-refractivity contribution is 9.09. The third kappa shape index (κ3) is 3.55. The standard InChI is InChI=1S/C13H15BrCl2FNO2S/c14-7-8-18(9-3-1-2-4-9)21(19,20)11-6-5-10(15)13(17)12(11)16/h5-6,9H,1-4,7-8H2. The van der Waals surface area contributed by atoms with Gasteiger partial charge in [0, 0.05) is 17.9 Å². The van der Waals surface area contributed by atoms with Crippen molar-refractivity contribution < 1.29 is 12.8 Å². The van der Waals surface area contributed by atoms with E-state index in [9.17, 15) is 12.8 Å². The number of alkyl halides is 1. The van der Waals surface area contributed by atoms with Gasteiger partial charge in [0.15, 0.2) is 5.82 Å². The maximum atomic E-state index is 13.8. The molecule has 0 spiro atoms. The monoisotopic (exact) mass is 417 g/mol. The van der Waals surface area contributed by atoms with E-state index in [1.807, 2.05) is 0 Å². The molecule has 1 aromatic carbocycles. The summed E-state index contributed by atoms with van der Waals surface area (Å²) in [6.07, 6.45) is 3.64. The molecule has 1 aliphatic rings. The first-order chi connectivity index (χ1) is 9.89. The molecular weight excluding hydrogens is 404 g/mol. The Balaban J connectivity index is 2.45. The van der Waals surface area contributed by atoms with Gasteiger partial charge in [0.25, 0.3) is 0 Å². The molecule has 0 aliphatic heterocycles. The molecule has 1 fully saturated rings. The molecule has 118 valence electrons. The molecule has 0 N–H and O–H groups in total. The summed E-state index contributed by atoms with van der Waals surface area (Å²) in [5.74, 6) is -0.898. The maximum Gasteiger partial charge on any atom is 0.244 e. The summed E-state index contributed by atoms with van der Waals surface area (Å²) in [4.78, 5) is -0.223. The van der Waals surface area contributed by atoms with Gasteiger partial charge in [-0.05, 0) is 25.0 Å². The molecule has 0 heterocycles. The Kier molecular flexibility index (Phi) is 5.93. The Labute approximate surface area is 142 Å². The van der Waals surface area contributed by atoms with Gasteiger partial charge in [0.05, 0.1) is 10.0 Å². The minimum absolute atomic E-state index is 0.0534. The lowest BCUT2D eigenvalue weighted by molar-refractivity contribution is 0.338. The number of hydrogen-bond donors (Lipinski definition) is 0. The van der Waals surface area contributed by atoms with Crippen molar-refractivity contribution in [1.29, 1.82) is 0 Å². The van der Waals surface area contributed by atoms with E-state index in [2.05, 4.69) is 15.9 Å². The van der Waals surface area contributed by atoms with E-state index in [0.717, 1.165) is 25.7 Å². The van der Waals surface area contributed by atoms with Gasteiger partial charge in [-0.2, -0.15) is 4.31 Å². The fraction of sp³-hybridized carbons (Fsp3) is 0.538. The van der Waals surface area contributed by atoms with Gasteiger partial charge in [-0.3, -0.25) is 0 Å². The minimum atomic E-state index is -3.84. The van der Waals surface area contributed by atoms with Crippen LogP contribution in [0.25, 0.3) is 0 Å². The first kappa shape index (κ1) is 17.5. The number of sulfonamides is 1. The highest BCUT2D eigenvalue weighted by Gasteiger charge is 2.34. The Hall–Kier alpha value is 0.120. The molecule has 0 atom stereocenters. The normalized spacial score (nSPS) is 16.8. The molecule has 1 aromatic rings. The summed E-state index contributed by atoms with van der Waals surface area (Å²) in [6.45, 7) is 0.327. The Morgan fingerprint density at radius 3 is 2.48 bits per heavy atom. The van der Waals surface area contributed by atoms with E-state index in [0.29, 0.717) is 11.9 Å². The summed E-state index contributed by atoms with van der Waals surface area (Å²) < 4.78 is 40.8. The van der Waals surface area contributed by atoms with Gasteiger partial charge in [0.1, 0.15) is 4.90 Å². The average molecular weight is 419 g/mol. The lowest BCUT2D eigenvalue weighted by atomic mass is 10.2. The van der Waals surface area contributed by atoms with Crippen LogP contribution in [0, 0.1) is 5.82 Å². The fourth-order valence-electron chi connectivity index (χ4n) is 2.61. The minimum Gasteiger partial charge on any atom is -0.207 e. The van der Waals surface area contributed by atoms with Crippen molar-refractivity contribution in [2.24, 2.45) is 0 Å². The van der Waals surface area contributed by atoms with Gasteiger partial charge in [-0.1, -0.05) is 52.0 Å². The second-order valence-corrected chi connectivity index (χ2v) is 8.35. The van der Waals surface area contributed by atoms with Crippen LogP contribution in [0.15, 0.2) is 17.0 Å². The summed E-state index contributed by atoms with van der Waals surface area (Å²) in [5.41, 5.74) is 0. The lowest BCUT2D eigenvalue weighted by Crippen LogP contribution is -2.40. The number of rotatable bonds is 5. The van der Waals surface area contributed by atoms with Crippen LogP contribution >= 0.6 is 39.1 Å². The molecule has 8 heteroatoms. The van der Waals surface area contributed by atoms with Crippen molar-refractivity contribution in [3.05, 3.63) is 28.0 Å². The molecule has 21 heavy (non-hydrogen) atoms. The summed E-state index contributed by atoms with van der Waals surface area (Å²) in [5, 5.41) is -0.122. The molecule has 1 aliphatic carbocycles. The van der Waals surface area contributed by atoms with Crippen molar-refractivity contribution in [2.75, 3.05) is 11.9 Å². The summed E-state index contributed by atoms with van der Waals surface area (Å²) in [6, 6.07) is 2.43. The fourth-order valence-corrected chi connectivity index (χ4v) is 5.63. The van der Waals surface area contributed by atoms with Crippen LogP contribution in [0.3, 0.4) is 0 Å². The topological polar surface area (TPSA) is 37.4 Å². The van der Waals surface area contributed by atoms with Crippen molar-refractivity contribution in [1.82, 2.24) is 4.31 Å². The number of nitrogens with zero attached hydrogens (tertiary/aromatic N) is 1. The molecule has 0 radical (unpaired) electrons. The molecule has 0 saturated heterocycles. The van der Waals surface area contributed by atoms with Gasteiger partial charge < -0.3 is 0 Å². The van der Waals surface area contributed by atoms with Crippen LogP contribution in [-0.4, -0.2) is 30.6 Å². The smallest absolute Gasteiger partial charge is 0.207 e. The maximum absolute atomic E-state index is 13.8. The highest BCUT2D eigenvalue weighted by atomic mass is 79.9. The molecule has 0 unspecified atom stereocenters. The van der Waals surface area contributed by atoms with Crippen LogP contribution in [0.1, 0.15) is 25.7 Å². The first-order valence-corrected chi connectivity index (χ1v) is 9.92. The van der Waals surface area contributed by atoms with Gasteiger partial charge in [-0.25, -0.2) is 12.8 Å². The van der Waals surface area contributed by atoms with Crippen LogP contribution < -0.4 is 0 Å². The summed E-state index contributed by atoms with van der Waals surface area (Å²) >= 11 is 14.8. The van der Waals surface area contributed by atoms with E-state index >= 15 is 0 Å². The average Bonchev–Trinajstić information content (AvgIpc) is 2.95. The Morgan fingerprint density at radius 2 is 1.90 bits per heavy atom. The molecule has 0 bridgehead atoms. The predicted octanol–water partition coefficient (Wildman–Crippen LogP) is 4.46. The number of hydrogen-bond acceptors (Lipinski definition) is 2. The SMILES string of the molecule is O=S(=O)(c1ccc(Cl)c(F)c1Cl)N(CCBr)C1CCCC1. The molecular formula is C13H15BrCl2FNO2S. The van der Waals surface area contributed by atoms with Crippen molar-refractivity contribution in [2.45, 2.75) is 36.6 Å². The zero-order chi connectivity index (χ0) is 15.6. The van der Waals surface area contributed by atoms with E-state index in [4.69, 9.17) is 23.2 Å². The summed E-state index contributed by atoms with van der Waals surface area (Å²) in [7, 11) is -3.84. The van der Waals surface area contributed by atoms with Gasteiger partial charge >= 0.3 is 0 Å². The number of halogens is 4. The third-order valence-electron chi connectivity index (χ3n) is 3.62. The molecule has 3 nitrogen and oxygen atoms in total. The second-order valence-electron chi connectivity index (χ2n) is 4.92. The Bertz CT molecular complexity index is 621. The molecule has 1 saturated carbocycles. The van der Waals surface area contributed by atoms with Crippen molar-refractivity contribution in [3.8, 4) is 0 Å². The van der Waals surface area contributed by atoms with Gasteiger partial charge in [0.2, 0.25) is 10.0 Å². The lowest BCUT2D eigenvalue weighted by Gasteiger charge is -2.27. The first-order valence-electron chi connectivity index (χ1n) is 6.61. The Morgan fingerprint density at radius 1 is 1.29 bits per heavy atom. The van der Waals surface area contributed by atoms with E-state index < -0.39 is 20.9 Å². The molecule has 0 aromatic heterocycles. The van der Waals surface area contributed by atoms with Crippen LogP contribution in [0.2, 0.25) is 10.0 Å². The quantitative estimate of drug-likeness (QED) is 0.522. The van der Waals surface area contributed by atoms with Crippen LogP contribution in [0.4, 0.5) is 4.39 Å². The van der Waals surface area contributed by atoms with Crippen molar-refractivity contribution in [3.63, 3.8) is 0 Å². The van der Waals surface area contributed by atoms with E-state index in [-0.39, 0.29) is 16.0 Å². The van der Waals surface area contributed by atoms with Crippen LogP contribution in [0.5, 0.6) is 0 Å². The molecule has 2 rings (SSSR count). The molecule has 0 amide bonds. The predicted molar refractivity (Wildman–Crippen MR) is 86.4 cm³/mol. The zero-order valence-electron chi connectivity index (χ0n) is 11.2. The van der Waals surface area contributed by atoms with E-state index in [1.165, 1.54) is 16.4 Å². The highest BCUT2D eigenvalue weighted by Crippen LogP contribution is 2.34. The zero-order valence-corrected chi connectivity index (χ0v) is 15.1. The third-order valence-corrected chi connectivity index (χ3v) is 6.75. The second kappa shape index (κ2) is 7.13. The number of benzene rings is 1. The van der Waals surface area contributed by atoms with Gasteiger partial charge in [-0.15, -0.1) is 0 Å². The van der Waals surface area contributed by atoms with Crippen molar-refractivity contribution >= 4 is 49.2 Å². The largest absolute Gasteiger partial charge is 0.244 e. The van der Waals surface area contributed by atoms with Crippen LogP contribution in [-0.2, 0) is 10.0 Å².